The van der Waals surface area contributed by atoms with Gasteiger partial charge in [-0.3, -0.25) is 4.79 Å². The normalized spacial score (nSPS) is 10.1. The summed E-state index contributed by atoms with van der Waals surface area (Å²) in [4.78, 5) is 28.0. The van der Waals surface area contributed by atoms with Gasteiger partial charge in [0.15, 0.2) is 0 Å². The fraction of sp³-hybridized carbons (Fsp3) is 0.0769. The van der Waals surface area contributed by atoms with Gasteiger partial charge in [0.1, 0.15) is 6.54 Å². The maximum atomic E-state index is 11.8. The van der Waals surface area contributed by atoms with Crippen LogP contribution in [0.5, 0.6) is 11.8 Å². The fourth-order valence-corrected chi connectivity index (χ4v) is 1.84. The average molecular weight is 402 g/mol. The molecule has 0 unspecified atom stereocenters. The number of aromatic nitrogens is 1. The molecule has 110 valence electrons. The monoisotopic (exact) mass is 402 g/mol. The number of rotatable bonds is 4. The summed E-state index contributed by atoms with van der Waals surface area (Å²) in [6, 6.07) is 9.12. The quantitative estimate of drug-likeness (QED) is 0.660. The molecule has 7 nitrogen and oxygen atoms in total. The van der Waals surface area contributed by atoms with Gasteiger partial charge in [0, 0.05) is 21.3 Å². The highest BCUT2D eigenvalue weighted by Crippen LogP contribution is 2.18. The van der Waals surface area contributed by atoms with Crippen LogP contribution in [0.3, 0.4) is 0 Å². The van der Waals surface area contributed by atoms with Crippen LogP contribution < -0.4 is 10.2 Å². The molecule has 0 aliphatic carbocycles. The molecule has 21 heavy (non-hydrogen) atoms. The smallest absolute Gasteiger partial charge is 0.352 e. The van der Waals surface area contributed by atoms with E-state index in [1.165, 1.54) is 0 Å². The summed E-state index contributed by atoms with van der Waals surface area (Å²) < 4.78 is 1.54. The summed E-state index contributed by atoms with van der Waals surface area (Å²) in [5, 5.41) is 21.0. The lowest BCUT2D eigenvalue weighted by Gasteiger charge is -2.08. The van der Waals surface area contributed by atoms with Crippen LogP contribution in [-0.4, -0.2) is 33.4 Å². The third-order valence-corrected chi connectivity index (χ3v) is 3.21. The van der Waals surface area contributed by atoms with Gasteiger partial charge in [0.2, 0.25) is 11.8 Å². The Morgan fingerprint density at radius 2 is 1.67 bits per heavy atom. The van der Waals surface area contributed by atoms with Crippen molar-refractivity contribution in [3.05, 3.63) is 45.5 Å². The number of nitrogens with one attached hydrogen (secondary N) is 1. The van der Waals surface area contributed by atoms with Crippen molar-refractivity contribution in [2.75, 3.05) is 6.54 Å². The van der Waals surface area contributed by atoms with Gasteiger partial charge >= 0.3 is 5.97 Å². The standard InChI is InChI=1S/C13H11IN2O5/c14-9-3-1-8(2-4-9)13(20)15-7-12(19)21-16-10(17)5-6-11(16)18/h1-6,17-18H,7H2,(H,15,20). The minimum Gasteiger partial charge on any atom is -0.492 e. The van der Waals surface area contributed by atoms with Gasteiger partial charge in [-0.1, -0.05) is 0 Å². The highest BCUT2D eigenvalue weighted by molar-refractivity contribution is 14.1. The number of amides is 1. The van der Waals surface area contributed by atoms with E-state index in [2.05, 4.69) is 32.7 Å². The minimum atomic E-state index is -0.837. The van der Waals surface area contributed by atoms with Crippen molar-refractivity contribution in [1.82, 2.24) is 10.0 Å². The van der Waals surface area contributed by atoms with Crippen molar-refractivity contribution in [2.45, 2.75) is 0 Å². The first-order valence-corrected chi connectivity index (χ1v) is 6.90. The van der Waals surface area contributed by atoms with Gasteiger partial charge in [-0.2, -0.15) is 0 Å². The molecule has 2 rings (SSSR count). The Bertz CT molecular complexity index is 646. The van der Waals surface area contributed by atoms with Crippen molar-refractivity contribution < 1.29 is 24.6 Å². The Kier molecular flexibility index (Phi) is 4.68. The van der Waals surface area contributed by atoms with Gasteiger partial charge in [-0.05, 0) is 46.9 Å². The van der Waals surface area contributed by atoms with Crippen LogP contribution in [0.15, 0.2) is 36.4 Å². The first-order valence-electron chi connectivity index (χ1n) is 5.82. The summed E-state index contributed by atoms with van der Waals surface area (Å²) in [7, 11) is 0. The Balaban J connectivity index is 1.89. The predicted molar refractivity (Wildman–Crippen MR) is 80.8 cm³/mol. The average Bonchev–Trinajstić information content (AvgIpc) is 2.77. The molecule has 1 amide bonds. The second kappa shape index (κ2) is 6.48. The zero-order valence-corrected chi connectivity index (χ0v) is 12.8. The second-order valence-electron chi connectivity index (χ2n) is 4.00. The molecular formula is C13H11IN2O5. The van der Waals surface area contributed by atoms with E-state index in [9.17, 15) is 19.8 Å². The molecule has 0 aliphatic rings. The summed E-state index contributed by atoms with van der Waals surface area (Å²) in [6.45, 7) is -0.401. The number of aromatic hydroxyl groups is 2. The summed E-state index contributed by atoms with van der Waals surface area (Å²) in [6.07, 6.45) is 0. The molecule has 0 spiro atoms. The van der Waals surface area contributed by atoms with Crippen molar-refractivity contribution in [1.29, 1.82) is 0 Å². The zero-order valence-electron chi connectivity index (χ0n) is 10.6. The summed E-state index contributed by atoms with van der Waals surface area (Å²) in [5.41, 5.74) is 0.412. The molecule has 0 saturated heterocycles. The van der Waals surface area contributed by atoms with E-state index < -0.39 is 30.2 Å². The van der Waals surface area contributed by atoms with E-state index in [1.807, 2.05) is 0 Å². The van der Waals surface area contributed by atoms with Crippen LogP contribution >= 0.6 is 22.6 Å². The van der Waals surface area contributed by atoms with Crippen LogP contribution in [0.2, 0.25) is 0 Å². The van der Waals surface area contributed by atoms with Crippen molar-refractivity contribution in [2.24, 2.45) is 0 Å². The Hall–Kier alpha value is -2.23. The zero-order chi connectivity index (χ0) is 15.4. The van der Waals surface area contributed by atoms with E-state index in [4.69, 9.17) is 0 Å². The number of hydrogen-bond acceptors (Lipinski definition) is 5. The Morgan fingerprint density at radius 3 is 2.24 bits per heavy atom. The van der Waals surface area contributed by atoms with Crippen molar-refractivity contribution in [3.63, 3.8) is 0 Å². The largest absolute Gasteiger partial charge is 0.492 e. The fourth-order valence-electron chi connectivity index (χ4n) is 1.49. The predicted octanol–water partition coefficient (Wildman–Crippen LogP) is 0.889. The number of hydrogen-bond donors (Lipinski definition) is 3. The molecule has 8 heteroatoms. The molecular weight excluding hydrogens is 391 g/mol. The van der Waals surface area contributed by atoms with E-state index in [1.54, 1.807) is 24.3 Å². The van der Waals surface area contributed by atoms with E-state index in [-0.39, 0.29) is 0 Å². The van der Waals surface area contributed by atoms with Gasteiger partial charge in [0.25, 0.3) is 5.91 Å². The highest BCUT2D eigenvalue weighted by atomic mass is 127. The molecule has 0 aliphatic heterocycles. The molecule has 1 heterocycles. The van der Waals surface area contributed by atoms with Gasteiger partial charge in [-0.15, -0.1) is 4.73 Å². The number of halogens is 1. The molecule has 0 fully saturated rings. The Morgan fingerprint density at radius 1 is 1.10 bits per heavy atom. The molecule has 1 aromatic heterocycles. The number of nitrogens with zero attached hydrogens (tertiary/aromatic N) is 1. The van der Waals surface area contributed by atoms with Gasteiger partial charge < -0.3 is 20.4 Å². The molecule has 0 radical (unpaired) electrons. The van der Waals surface area contributed by atoms with Crippen molar-refractivity contribution >= 4 is 34.5 Å². The first-order chi connectivity index (χ1) is 9.97. The van der Waals surface area contributed by atoms with Crippen molar-refractivity contribution in [3.8, 4) is 11.8 Å². The van der Waals surface area contributed by atoms with Crippen LogP contribution in [0.25, 0.3) is 0 Å². The number of carbonyl (C=O) groups excluding carboxylic acids is 2. The second-order valence-corrected chi connectivity index (χ2v) is 5.24. The molecule has 2 aromatic rings. The highest BCUT2D eigenvalue weighted by Gasteiger charge is 2.13. The van der Waals surface area contributed by atoms with Crippen LogP contribution in [0.4, 0.5) is 0 Å². The molecule has 3 N–H and O–H groups in total. The minimum absolute atomic E-state index is 0.401. The van der Waals surface area contributed by atoms with Gasteiger partial charge in [-0.25, -0.2) is 4.79 Å². The Labute approximate surface area is 133 Å². The number of carbonyl (C=O) groups is 2. The molecule has 1 aromatic carbocycles. The van der Waals surface area contributed by atoms with E-state index >= 15 is 0 Å². The summed E-state index contributed by atoms with van der Waals surface area (Å²) in [5.74, 6) is -2.12. The topological polar surface area (TPSA) is 101 Å². The molecule has 0 saturated carbocycles. The maximum Gasteiger partial charge on any atom is 0.352 e. The van der Waals surface area contributed by atoms with Crippen LogP contribution in [0.1, 0.15) is 10.4 Å². The molecule has 0 bridgehead atoms. The number of benzene rings is 1. The summed E-state index contributed by atoms with van der Waals surface area (Å²) >= 11 is 2.11. The van der Waals surface area contributed by atoms with Crippen LogP contribution in [-0.2, 0) is 4.79 Å². The lowest BCUT2D eigenvalue weighted by Crippen LogP contribution is -2.34. The third kappa shape index (κ3) is 3.88. The van der Waals surface area contributed by atoms with E-state index in [0.717, 1.165) is 15.7 Å². The van der Waals surface area contributed by atoms with Gasteiger partial charge in [0.05, 0.1) is 0 Å². The lowest BCUT2D eigenvalue weighted by molar-refractivity contribution is -0.144. The first kappa shape index (κ1) is 15.2. The van der Waals surface area contributed by atoms with E-state index in [0.29, 0.717) is 10.3 Å². The molecule has 0 atom stereocenters. The SMILES string of the molecule is O=C(CNC(=O)c1ccc(I)cc1)On1c(O)ccc1O. The lowest BCUT2D eigenvalue weighted by atomic mass is 10.2. The maximum absolute atomic E-state index is 11.8. The van der Waals surface area contributed by atoms with Crippen LogP contribution in [0, 0.1) is 3.57 Å². The third-order valence-electron chi connectivity index (χ3n) is 2.49.